The van der Waals surface area contributed by atoms with Crippen LogP contribution < -0.4 is 5.32 Å². The Hall–Kier alpha value is -3.61. The predicted molar refractivity (Wildman–Crippen MR) is 113 cm³/mol. The van der Waals surface area contributed by atoms with Gasteiger partial charge in [0.05, 0.1) is 5.56 Å². The Kier molecular flexibility index (Phi) is 6.44. The van der Waals surface area contributed by atoms with E-state index in [2.05, 4.69) is 5.32 Å². The minimum Gasteiger partial charge on any atom is -0.348 e. The Morgan fingerprint density at radius 2 is 1.58 bits per heavy atom. The molecule has 0 aliphatic rings. The van der Waals surface area contributed by atoms with Gasteiger partial charge in [0.25, 0.3) is 11.8 Å². The van der Waals surface area contributed by atoms with Crippen LogP contribution in [0.15, 0.2) is 72.8 Å². The maximum atomic E-state index is 12.8. The Bertz CT molecular complexity index is 1090. The van der Waals surface area contributed by atoms with Gasteiger partial charge in [-0.1, -0.05) is 42.5 Å². The van der Waals surface area contributed by atoms with Gasteiger partial charge in [0.15, 0.2) is 0 Å². The summed E-state index contributed by atoms with van der Waals surface area (Å²) in [4.78, 5) is 26.4. The van der Waals surface area contributed by atoms with Gasteiger partial charge in [-0.2, -0.15) is 13.2 Å². The maximum absolute atomic E-state index is 12.8. The van der Waals surface area contributed by atoms with Crippen LogP contribution in [0.1, 0.15) is 31.8 Å². The molecule has 0 fully saturated rings. The Morgan fingerprint density at radius 3 is 2.23 bits per heavy atom. The fraction of sp³-hybridized carbons (Fsp3) is 0.167. The van der Waals surface area contributed by atoms with Crippen molar-refractivity contribution < 1.29 is 22.8 Å². The molecule has 0 aromatic heterocycles. The van der Waals surface area contributed by atoms with Gasteiger partial charge in [-0.3, -0.25) is 9.59 Å². The van der Waals surface area contributed by atoms with Crippen molar-refractivity contribution in [1.29, 1.82) is 0 Å². The normalized spacial score (nSPS) is 11.1. The molecule has 0 bridgehead atoms. The standard InChI is InChI=1S/C24H21F3N2O2/c1-29(2)23(31)18-7-5-6-16(14-18)15-28-22(30)21-9-4-3-8-20(21)17-10-12-19(13-11-17)24(25,26)27/h3-14H,15H2,1-2H3,(H,28,30). The minimum atomic E-state index is -4.42. The molecule has 4 nitrogen and oxygen atoms in total. The summed E-state index contributed by atoms with van der Waals surface area (Å²) in [6.45, 7) is 0.203. The minimum absolute atomic E-state index is 0.138. The number of hydrogen-bond acceptors (Lipinski definition) is 2. The summed E-state index contributed by atoms with van der Waals surface area (Å²) in [7, 11) is 3.32. The fourth-order valence-corrected chi connectivity index (χ4v) is 3.12. The number of nitrogens with zero attached hydrogens (tertiary/aromatic N) is 1. The van der Waals surface area contributed by atoms with Gasteiger partial charge in [0, 0.05) is 31.8 Å². The van der Waals surface area contributed by atoms with E-state index in [0.717, 1.165) is 17.7 Å². The van der Waals surface area contributed by atoms with E-state index in [-0.39, 0.29) is 18.4 Å². The maximum Gasteiger partial charge on any atom is 0.416 e. The third-order valence-corrected chi connectivity index (χ3v) is 4.73. The van der Waals surface area contributed by atoms with Crippen LogP contribution in [0, 0.1) is 0 Å². The predicted octanol–water partition coefficient (Wildman–Crippen LogP) is 5.00. The van der Waals surface area contributed by atoms with Gasteiger partial charge in [-0.05, 0) is 47.0 Å². The van der Waals surface area contributed by atoms with Gasteiger partial charge in [0.1, 0.15) is 0 Å². The number of amides is 2. The van der Waals surface area contributed by atoms with Gasteiger partial charge in [0.2, 0.25) is 0 Å². The molecule has 0 aliphatic heterocycles. The first kappa shape index (κ1) is 22.1. The lowest BCUT2D eigenvalue weighted by molar-refractivity contribution is -0.137. The summed E-state index contributed by atoms with van der Waals surface area (Å²) in [5.41, 5.74) is 1.92. The lowest BCUT2D eigenvalue weighted by Crippen LogP contribution is -2.24. The molecule has 3 aromatic rings. The van der Waals surface area contributed by atoms with Gasteiger partial charge in [-0.15, -0.1) is 0 Å². The molecule has 0 aliphatic carbocycles. The lowest BCUT2D eigenvalue weighted by Gasteiger charge is -2.13. The van der Waals surface area contributed by atoms with E-state index < -0.39 is 11.7 Å². The highest BCUT2D eigenvalue weighted by Crippen LogP contribution is 2.31. The van der Waals surface area contributed by atoms with Crippen molar-refractivity contribution in [2.75, 3.05) is 14.1 Å². The number of rotatable bonds is 5. The van der Waals surface area contributed by atoms with Crippen LogP contribution in [-0.4, -0.2) is 30.8 Å². The zero-order valence-corrected chi connectivity index (χ0v) is 17.0. The fourth-order valence-electron chi connectivity index (χ4n) is 3.12. The van der Waals surface area contributed by atoms with Crippen molar-refractivity contribution in [1.82, 2.24) is 10.2 Å². The molecule has 160 valence electrons. The van der Waals surface area contributed by atoms with Crippen LogP contribution in [0.3, 0.4) is 0 Å². The zero-order valence-electron chi connectivity index (χ0n) is 17.0. The highest BCUT2D eigenvalue weighted by Gasteiger charge is 2.30. The van der Waals surface area contributed by atoms with E-state index in [1.165, 1.54) is 17.0 Å². The number of nitrogens with one attached hydrogen (secondary N) is 1. The Balaban J connectivity index is 1.78. The molecule has 0 heterocycles. The first-order chi connectivity index (χ1) is 14.7. The summed E-state index contributed by atoms with van der Waals surface area (Å²) in [5, 5.41) is 2.81. The second-order valence-electron chi connectivity index (χ2n) is 7.20. The molecule has 1 N–H and O–H groups in total. The first-order valence-corrected chi connectivity index (χ1v) is 9.52. The zero-order chi connectivity index (χ0) is 22.6. The third kappa shape index (κ3) is 5.31. The number of carbonyl (C=O) groups is 2. The number of carbonyl (C=O) groups excluding carboxylic acids is 2. The van der Waals surface area contributed by atoms with Crippen molar-refractivity contribution in [2.24, 2.45) is 0 Å². The van der Waals surface area contributed by atoms with E-state index in [4.69, 9.17) is 0 Å². The van der Waals surface area contributed by atoms with Gasteiger partial charge < -0.3 is 10.2 Å². The molecule has 0 saturated heterocycles. The van der Waals surface area contributed by atoms with Gasteiger partial charge >= 0.3 is 6.18 Å². The smallest absolute Gasteiger partial charge is 0.348 e. The molecule has 2 amide bonds. The molecule has 3 aromatic carbocycles. The summed E-state index contributed by atoms with van der Waals surface area (Å²) in [6.07, 6.45) is -4.42. The molecule has 0 radical (unpaired) electrons. The SMILES string of the molecule is CN(C)C(=O)c1cccc(CNC(=O)c2ccccc2-c2ccc(C(F)(F)F)cc2)c1. The number of hydrogen-bond donors (Lipinski definition) is 1. The summed E-state index contributed by atoms with van der Waals surface area (Å²) < 4.78 is 38.5. The van der Waals surface area contributed by atoms with Gasteiger partial charge in [-0.25, -0.2) is 0 Å². The molecule has 31 heavy (non-hydrogen) atoms. The van der Waals surface area contributed by atoms with Crippen LogP contribution in [0.2, 0.25) is 0 Å². The number of benzene rings is 3. The van der Waals surface area contributed by atoms with Crippen molar-refractivity contribution >= 4 is 11.8 Å². The second kappa shape index (κ2) is 9.04. The van der Waals surface area contributed by atoms with Crippen LogP contribution in [0.25, 0.3) is 11.1 Å². The van der Waals surface area contributed by atoms with Crippen LogP contribution in [-0.2, 0) is 12.7 Å². The molecule has 0 saturated carbocycles. The van der Waals surface area contributed by atoms with E-state index in [1.807, 2.05) is 0 Å². The van der Waals surface area contributed by atoms with Crippen molar-refractivity contribution in [2.45, 2.75) is 12.7 Å². The van der Waals surface area contributed by atoms with E-state index in [1.54, 1.807) is 62.6 Å². The molecule has 7 heteroatoms. The molecular formula is C24H21F3N2O2. The topological polar surface area (TPSA) is 49.4 Å². The molecule has 0 unspecified atom stereocenters. The molecular weight excluding hydrogens is 405 g/mol. The summed E-state index contributed by atoms with van der Waals surface area (Å²) in [6, 6.07) is 18.4. The van der Waals surface area contributed by atoms with Crippen molar-refractivity contribution in [3.63, 3.8) is 0 Å². The quantitative estimate of drug-likeness (QED) is 0.624. The summed E-state index contributed by atoms with van der Waals surface area (Å²) >= 11 is 0. The second-order valence-corrected chi connectivity index (χ2v) is 7.20. The van der Waals surface area contributed by atoms with Crippen molar-refractivity contribution in [3.8, 4) is 11.1 Å². The largest absolute Gasteiger partial charge is 0.416 e. The van der Waals surface area contributed by atoms with Crippen LogP contribution >= 0.6 is 0 Å². The molecule has 0 spiro atoms. The van der Waals surface area contributed by atoms with E-state index >= 15 is 0 Å². The van der Waals surface area contributed by atoms with Crippen molar-refractivity contribution in [3.05, 3.63) is 95.1 Å². The highest BCUT2D eigenvalue weighted by atomic mass is 19.4. The highest BCUT2D eigenvalue weighted by molar-refractivity contribution is 6.01. The lowest BCUT2D eigenvalue weighted by atomic mass is 9.98. The van der Waals surface area contributed by atoms with Crippen LogP contribution in [0.5, 0.6) is 0 Å². The average molecular weight is 426 g/mol. The first-order valence-electron chi connectivity index (χ1n) is 9.52. The number of alkyl halides is 3. The number of halogens is 3. The molecule has 3 rings (SSSR count). The Morgan fingerprint density at radius 1 is 0.903 bits per heavy atom. The molecule has 0 atom stereocenters. The summed E-state index contributed by atoms with van der Waals surface area (Å²) in [5.74, 6) is -0.499. The monoisotopic (exact) mass is 426 g/mol. The average Bonchev–Trinajstić information content (AvgIpc) is 2.76. The van der Waals surface area contributed by atoms with E-state index in [0.29, 0.717) is 22.3 Å². The Labute approximate surface area is 178 Å². The van der Waals surface area contributed by atoms with E-state index in [9.17, 15) is 22.8 Å². The van der Waals surface area contributed by atoms with Crippen LogP contribution in [0.4, 0.5) is 13.2 Å². The third-order valence-electron chi connectivity index (χ3n) is 4.73.